The van der Waals surface area contributed by atoms with E-state index in [4.69, 9.17) is 16.3 Å². The fourth-order valence-electron chi connectivity index (χ4n) is 1.15. The minimum atomic E-state index is -0.510. The first kappa shape index (κ1) is 12.1. The molecule has 0 saturated heterocycles. The van der Waals surface area contributed by atoms with Gasteiger partial charge in [-0.25, -0.2) is 0 Å². The third-order valence-electron chi connectivity index (χ3n) is 2.02. The second-order valence-electron chi connectivity index (χ2n) is 3.29. The Hall–Kier alpha value is -0.990. The van der Waals surface area contributed by atoms with E-state index in [0.29, 0.717) is 17.4 Å². The molecule has 1 N–H and O–H groups in total. The van der Waals surface area contributed by atoms with Crippen LogP contribution in [-0.4, -0.2) is 11.7 Å². The Bertz CT molecular complexity index is 334. The molecule has 0 bridgehead atoms. The predicted molar refractivity (Wildman–Crippen MR) is 62.4 cm³/mol. The van der Waals surface area contributed by atoms with E-state index in [9.17, 15) is 5.11 Å². The standard InChI is InChI=1S/C12H15ClO2/c1-3-4-7-15-12-6-5-10(9(2)14)8-11(12)13/h3,5-6,8-9,14H,1,4,7H2,2H3. The lowest BCUT2D eigenvalue weighted by Gasteiger charge is -2.09. The Morgan fingerprint density at radius 1 is 1.60 bits per heavy atom. The van der Waals surface area contributed by atoms with Gasteiger partial charge in [0.15, 0.2) is 0 Å². The summed E-state index contributed by atoms with van der Waals surface area (Å²) >= 11 is 5.99. The first-order valence-electron chi connectivity index (χ1n) is 4.86. The molecule has 0 spiro atoms. The van der Waals surface area contributed by atoms with Gasteiger partial charge in [-0.15, -0.1) is 6.58 Å². The molecule has 1 atom stereocenters. The summed E-state index contributed by atoms with van der Waals surface area (Å²) in [4.78, 5) is 0. The van der Waals surface area contributed by atoms with Crippen LogP contribution in [0.15, 0.2) is 30.9 Å². The molecular formula is C12H15ClO2. The molecule has 2 nitrogen and oxygen atoms in total. The van der Waals surface area contributed by atoms with E-state index in [1.54, 1.807) is 31.2 Å². The van der Waals surface area contributed by atoms with Gasteiger partial charge in [0.2, 0.25) is 0 Å². The van der Waals surface area contributed by atoms with E-state index < -0.39 is 6.10 Å². The zero-order chi connectivity index (χ0) is 11.3. The van der Waals surface area contributed by atoms with Gasteiger partial charge in [-0.1, -0.05) is 23.7 Å². The van der Waals surface area contributed by atoms with Gasteiger partial charge < -0.3 is 9.84 Å². The number of rotatable bonds is 5. The summed E-state index contributed by atoms with van der Waals surface area (Å²) in [6, 6.07) is 5.29. The minimum Gasteiger partial charge on any atom is -0.492 e. The number of hydrogen-bond donors (Lipinski definition) is 1. The van der Waals surface area contributed by atoms with Gasteiger partial charge in [-0.3, -0.25) is 0 Å². The fourth-order valence-corrected chi connectivity index (χ4v) is 1.39. The average molecular weight is 227 g/mol. The van der Waals surface area contributed by atoms with Gasteiger partial charge in [0.05, 0.1) is 17.7 Å². The molecule has 0 aliphatic heterocycles. The monoisotopic (exact) mass is 226 g/mol. The molecule has 0 aliphatic rings. The van der Waals surface area contributed by atoms with E-state index in [1.165, 1.54) is 0 Å². The Kier molecular flexibility index (Phi) is 4.66. The Balaban J connectivity index is 2.70. The summed E-state index contributed by atoms with van der Waals surface area (Å²) in [6.45, 7) is 5.87. The normalized spacial score (nSPS) is 12.2. The van der Waals surface area contributed by atoms with Crippen LogP contribution in [0.5, 0.6) is 5.75 Å². The number of hydrogen-bond acceptors (Lipinski definition) is 2. The van der Waals surface area contributed by atoms with Crippen molar-refractivity contribution >= 4 is 11.6 Å². The highest BCUT2D eigenvalue weighted by molar-refractivity contribution is 6.32. The van der Waals surface area contributed by atoms with E-state index in [0.717, 1.165) is 12.0 Å². The van der Waals surface area contributed by atoms with Gasteiger partial charge in [-0.2, -0.15) is 0 Å². The minimum absolute atomic E-state index is 0.510. The SMILES string of the molecule is C=CCCOc1ccc(C(C)O)cc1Cl. The van der Waals surface area contributed by atoms with Gasteiger partial charge in [0, 0.05) is 0 Å². The van der Waals surface area contributed by atoms with Crippen molar-refractivity contribution in [3.05, 3.63) is 41.4 Å². The third-order valence-corrected chi connectivity index (χ3v) is 2.31. The molecule has 0 aromatic heterocycles. The molecule has 1 unspecified atom stereocenters. The molecule has 1 aromatic carbocycles. The zero-order valence-electron chi connectivity index (χ0n) is 8.74. The maximum absolute atomic E-state index is 9.34. The molecule has 0 aliphatic carbocycles. The average Bonchev–Trinajstić information content (AvgIpc) is 2.20. The van der Waals surface area contributed by atoms with Crippen molar-refractivity contribution in [2.24, 2.45) is 0 Å². The van der Waals surface area contributed by atoms with Gasteiger partial charge in [-0.05, 0) is 31.0 Å². The summed E-state index contributed by atoms with van der Waals surface area (Å²) in [5.74, 6) is 0.642. The highest BCUT2D eigenvalue weighted by Crippen LogP contribution is 2.27. The lowest BCUT2D eigenvalue weighted by molar-refractivity contribution is 0.199. The number of aliphatic hydroxyl groups is 1. The summed E-state index contributed by atoms with van der Waals surface area (Å²) in [5.41, 5.74) is 0.788. The molecule has 0 heterocycles. The van der Waals surface area contributed by atoms with E-state index in [-0.39, 0.29) is 0 Å². The largest absolute Gasteiger partial charge is 0.492 e. The van der Waals surface area contributed by atoms with Crippen molar-refractivity contribution < 1.29 is 9.84 Å². The van der Waals surface area contributed by atoms with Gasteiger partial charge in [0.25, 0.3) is 0 Å². The van der Waals surface area contributed by atoms with Crippen molar-refractivity contribution in [1.29, 1.82) is 0 Å². The van der Waals surface area contributed by atoms with Crippen molar-refractivity contribution in [3.8, 4) is 5.75 Å². The smallest absolute Gasteiger partial charge is 0.137 e. The summed E-state index contributed by atoms with van der Waals surface area (Å²) in [5, 5.41) is 9.87. The van der Waals surface area contributed by atoms with Crippen LogP contribution in [0.25, 0.3) is 0 Å². The first-order chi connectivity index (χ1) is 7.15. The number of benzene rings is 1. The quantitative estimate of drug-likeness (QED) is 0.616. The van der Waals surface area contributed by atoms with Crippen molar-refractivity contribution in [1.82, 2.24) is 0 Å². The second-order valence-corrected chi connectivity index (χ2v) is 3.70. The topological polar surface area (TPSA) is 29.5 Å². The predicted octanol–water partition coefficient (Wildman–Crippen LogP) is 3.35. The van der Waals surface area contributed by atoms with Crippen LogP contribution in [0, 0.1) is 0 Å². The van der Waals surface area contributed by atoms with Crippen LogP contribution in [0.1, 0.15) is 25.0 Å². The number of aliphatic hydroxyl groups excluding tert-OH is 1. The zero-order valence-corrected chi connectivity index (χ0v) is 9.50. The maximum Gasteiger partial charge on any atom is 0.137 e. The van der Waals surface area contributed by atoms with Crippen molar-refractivity contribution in [2.45, 2.75) is 19.4 Å². The number of halogens is 1. The Morgan fingerprint density at radius 3 is 2.87 bits per heavy atom. The van der Waals surface area contributed by atoms with E-state index in [1.807, 2.05) is 0 Å². The van der Waals surface area contributed by atoms with E-state index in [2.05, 4.69) is 6.58 Å². The van der Waals surface area contributed by atoms with Gasteiger partial charge >= 0.3 is 0 Å². The number of ether oxygens (including phenoxy) is 1. The summed E-state index contributed by atoms with van der Waals surface area (Å²) in [7, 11) is 0. The lowest BCUT2D eigenvalue weighted by atomic mass is 10.1. The van der Waals surface area contributed by atoms with Crippen LogP contribution < -0.4 is 4.74 Å². The fraction of sp³-hybridized carbons (Fsp3) is 0.333. The summed E-state index contributed by atoms with van der Waals surface area (Å²) < 4.78 is 5.43. The van der Waals surface area contributed by atoms with Gasteiger partial charge in [0.1, 0.15) is 5.75 Å². The molecule has 1 rings (SSSR count). The highest BCUT2D eigenvalue weighted by Gasteiger charge is 2.05. The van der Waals surface area contributed by atoms with Crippen LogP contribution in [0.3, 0.4) is 0 Å². The molecule has 0 saturated carbocycles. The van der Waals surface area contributed by atoms with Crippen molar-refractivity contribution in [3.63, 3.8) is 0 Å². The Morgan fingerprint density at radius 2 is 2.33 bits per heavy atom. The van der Waals surface area contributed by atoms with Crippen molar-refractivity contribution in [2.75, 3.05) is 6.61 Å². The third kappa shape index (κ3) is 3.57. The molecule has 0 radical (unpaired) electrons. The Labute approximate surface area is 95.1 Å². The maximum atomic E-state index is 9.34. The molecule has 0 amide bonds. The highest BCUT2D eigenvalue weighted by atomic mass is 35.5. The molecule has 0 fully saturated rings. The first-order valence-corrected chi connectivity index (χ1v) is 5.24. The van der Waals surface area contributed by atoms with E-state index >= 15 is 0 Å². The lowest BCUT2D eigenvalue weighted by Crippen LogP contribution is -1.97. The molecule has 3 heteroatoms. The molecular weight excluding hydrogens is 212 g/mol. The van der Waals surface area contributed by atoms with Crippen LogP contribution in [0.4, 0.5) is 0 Å². The molecule has 15 heavy (non-hydrogen) atoms. The molecule has 82 valence electrons. The molecule has 1 aromatic rings. The summed E-state index contributed by atoms with van der Waals surface area (Å²) in [6.07, 6.45) is 2.07. The van der Waals surface area contributed by atoms with Crippen LogP contribution in [-0.2, 0) is 0 Å². The van der Waals surface area contributed by atoms with Crippen LogP contribution >= 0.6 is 11.6 Å². The second kappa shape index (κ2) is 5.79. The van der Waals surface area contributed by atoms with Crippen LogP contribution in [0.2, 0.25) is 5.02 Å².